The van der Waals surface area contributed by atoms with Gasteiger partial charge >= 0.3 is 0 Å². The van der Waals surface area contributed by atoms with E-state index in [2.05, 4.69) is 4.98 Å². The van der Waals surface area contributed by atoms with Crippen LogP contribution in [0, 0.1) is 11.3 Å². The lowest BCUT2D eigenvalue weighted by atomic mass is 10.1. The molecule has 0 spiro atoms. The van der Waals surface area contributed by atoms with E-state index in [9.17, 15) is 5.11 Å². The van der Waals surface area contributed by atoms with Gasteiger partial charge in [0.15, 0.2) is 0 Å². The maximum Gasteiger partial charge on any atom is 0.212 e. The quantitative estimate of drug-likeness (QED) is 0.769. The number of benzene rings is 1. The molecule has 2 aromatic rings. The number of aliphatic hydroxyl groups excluding tert-OH is 1. The van der Waals surface area contributed by atoms with E-state index in [1.54, 1.807) is 35.0 Å². The van der Waals surface area contributed by atoms with Crippen LogP contribution in [0.15, 0.2) is 36.7 Å². The van der Waals surface area contributed by atoms with Gasteiger partial charge in [-0.15, -0.1) is 0 Å². The first-order valence-corrected chi connectivity index (χ1v) is 5.15. The Balaban J connectivity index is 2.17. The molecular formula is C12H12N4O. The fraction of sp³-hybridized carbons (Fsp3) is 0.167. The van der Waals surface area contributed by atoms with E-state index in [4.69, 9.17) is 11.0 Å². The van der Waals surface area contributed by atoms with Crippen molar-refractivity contribution in [2.24, 2.45) is 0 Å². The number of nitrogen functional groups attached to an aromatic ring is 1. The molecule has 0 aliphatic heterocycles. The second kappa shape index (κ2) is 4.68. The number of imidazole rings is 1. The lowest BCUT2D eigenvalue weighted by molar-refractivity contribution is 0.156. The van der Waals surface area contributed by atoms with Crippen molar-refractivity contribution in [3.05, 3.63) is 48.0 Å². The maximum atomic E-state index is 10.0. The number of nitriles is 1. The van der Waals surface area contributed by atoms with E-state index in [1.807, 2.05) is 6.07 Å². The van der Waals surface area contributed by atoms with Crippen molar-refractivity contribution >= 4 is 5.69 Å². The summed E-state index contributed by atoms with van der Waals surface area (Å²) < 4.78 is 1.61. The molecule has 0 saturated carbocycles. The summed E-state index contributed by atoms with van der Waals surface area (Å²) in [6.07, 6.45) is 2.48. The number of aromatic nitrogens is 2. The zero-order chi connectivity index (χ0) is 12.3. The topological polar surface area (TPSA) is 87.9 Å². The van der Waals surface area contributed by atoms with E-state index in [-0.39, 0.29) is 12.4 Å². The van der Waals surface area contributed by atoms with Gasteiger partial charge in [-0.1, -0.05) is 12.1 Å². The Bertz CT molecular complexity index is 556. The van der Waals surface area contributed by atoms with Crippen molar-refractivity contribution in [3.8, 4) is 6.07 Å². The summed E-state index contributed by atoms with van der Waals surface area (Å²) in [5.41, 5.74) is 6.97. The Hall–Kier alpha value is -2.32. The zero-order valence-corrected chi connectivity index (χ0v) is 9.11. The lowest BCUT2D eigenvalue weighted by Crippen LogP contribution is -2.10. The molecule has 1 heterocycles. The molecule has 0 amide bonds. The normalized spacial score (nSPS) is 12.0. The van der Waals surface area contributed by atoms with Gasteiger partial charge in [0.1, 0.15) is 6.07 Å². The average Bonchev–Trinajstić information content (AvgIpc) is 2.76. The molecule has 2 rings (SSSR count). The van der Waals surface area contributed by atoms with E-state index in [1.165, 1.54) is 6.20 Å². The molecule has 0 fully saturated rings. The Labute approximate surface area is 98.7 Å². The molecule has 0 bridgehead atoms. The maximum absolute atomic E-state index is 10.0. The van der Waals surface area contributed by atoms with Crippen LogP contribution in [0.2, 0.25) is 0 Å². The molecule has 1 aromatic heterocycles. The molecule has 86 valence electrons. The zero-order valence-electron chi connectivity index (χ0n) is 9.11. The molecule has 1 atom stereocenters. The molecular weight excluding hydrogens is 216 g/mol. The Kier molecular flexibility index (Phi) is 3.08. The number of hydrogen-bond acceptors (Lipinski definition) is 4. The van der Waals surface area contributed by atoms with Crippen LogP contribution in [0.5, 0.6) is 0 Å². The summed E-state index contributed by atoms with van der Waals surface area (Å²) in [6.45, 7) is 0.284. The third-order valence-electron chi connectivity index (χ3n) is 2.48. The van der Waals surface area contributed by atoms with Crippen molar-refractivity contribution in [1.82, 2.24) is 9.55 Å². The van der Waals surface area contributed by atoms with E-state index in [0.29, 0.717) is 5.69 Å². The first-order valence-electron chi connectivity index (χ1n) is 5.15. The number of hydrogen-bond donors (Lipinski definition) is 2. The van der Waals surface area contributed by atoms with Gasteiger partial charge < -0.3 is 15.4 Å². The van der Waals surface area contributed by atoms with Gasteiger partial charge in [-0.05, 0) is 17.7 Å². The van der Waals surface area contributed by atoms with Crippen LogP contribution >= 0.6 is 0 Å². The molecule has 0 radical (unpaired) electrons. The third-order valence-corrected chi connectivity index (χ3v) is 2.48. The van der Waals surface area contributed by atoms with Crippen LogP contribution in [-0.4, -0.2) is 14.7 Å². The van der Waals surface area contributed by atoms with Gasteiger partial charge in [-0.25, -0.2) is 4.98 Å². The highest BCUT2D eigenvalue weighted by Crippen LogP contribution is 2.17. The molecule has 0 aliphatic rings. The van der Waals surface area contributed by atoms with Gasteiger partial charge in [0.25, 0.3) is 0 Å². The van der Waals surface area contributed by atoms with Crippen LogP contribution in [0.3, 0.4) is 0 Å². The van der Waals surface area contributed by atoms with E-state index in [0.717, 1.165) is 5.56 Å². The highest BCUT2D eigenvalue weighted by atomic mass is 16.3. The number of nitrogens with two attached hydrogens (primary N) is 1. The predicted octanol–water partition coefficient (Wildman–Crippen LogP) is 1.07. The van der Waals surface area contributed by atoms with Crippen LogP contribution < -0.4 is 5.73 Å². The van der Waals surface area contributed by atoms with E-state index < -0.39 is 6.10 Å². The molecule has 0 saturated heterocycles. The number of aliphatic hydroxyl groups is 1. The molecule has 0 aliphatic carbocycles. The second-order valence-corrected chi connectivity index (χ2v) is 3.70. The Morgan fingerprint density at radius 3 is 3.06 bits per heavy atom. The van der Waals surface area contributed by atoms with Crippen molar-refractivity contribution in [2.75, 3.05) is 5.73 Å². The smallest absolute Gasteiger partial charge is 0.212 e. The van der Waals surface area contributed by atoms with Gasteiger partial charge in [0, 0.05) is 18.1 Å². The van der Waals surface area contributed by atoms with E-state index >= 15 is 0 Å². The lowest BCUT2D eigenvalue weighted by Gasteiger charge is -2.12. The summed E-state index contributed by atoms with van der Waals surface area (Å²) >= 11 is 0. The van der Waals surface area contributed by atoms with Crippen LogP contribution in [0.1, 0.15) is 17.5 Å². The predicted molar refractivity (Wildman–Crippen MR) is 62.8 cm³/mol. The van der Waals surface area contributed by atoms with Crippen molar-refractivity contribution in [3.63, 3.8) is 0 Å². The van der Waals surface area contributed by atoms with Crippen molar-refractivity contribution < 1.29 is 5.11 Å². The number of anilines is 1. The first-order chi connectivity index (χ1) is 8.20. The molecule has 5 heteroatoms. The van der Waals surface area contributed by atoms with Gasteiger partial charge in [-0.2, -0.15) is 5.26 Å². The van der Waals surface area contributed by atoms with Crippen molar-refractivity contribution in [1.29, 1.82) is 5.26 Å². The fourth-order valence-electron chi connectivity index (χ4n) is 1.63. The Morgan fingerprint density at radius 2 is 2.35 bits per heavy atom. The minimum absolute atomic E-state index is 0.284. The SMILES string of the molecule is N#Cc1nccn1CC(O)c1cccc(N)c1. The molecule has 1 unspecified atom stereocenters. The Morgan fingerprint density at radius 1 is 1.53 bits per heavy atom. The highest BCUT2D eigenvalue weighted by molar-refractivity contribution is 5.41. The second-order valence-electron chi connectivity index (χ2n) is 3.70. The average molecular weight is 228 g/mol. The minimum Gasteiger partial charge on any atom is -0.399 e. The van der Waals surface area contributed by atoms with Crippen molar-refractivity contribution in [2.45, 2.75) is 12.6 Å². The third kappa shape index (κ3) is 2.44. The summed E-state index contributed by atoms with van der Waals surface area (Å²) in [5, 5.41) is 18.8. The standard InChI is InChI=1S/C12H12N4O/c13-7-12-15-4-5-16(12)8-11(17)9-2-1-3-10(14)6-9/h1-6,11,17H,8,14H2. The molecule has 3 N–H and O–H groups in total. The summed E-state index contributed by atoms with van der Waals surface area (Å²) in [6, 6.07) is 9.01. The molecule has 5 nitrogen and oxygen atoms in total. The summed E-state index contributed by atoms with van der Waals surface area (Å²) in [7, 11) is 0. The minimum atomic E-state index is -0.709. The van der Waals surface area contributed by atoms with Gasteiger partial charge in [0.05, 0.1) is 12.6 Å². The largest absolute Gasteiger partial charge is 0.399 e. The highest BCUT2D eigenvalue weighted by Gasteiger charge is 2.10. The van der Waals surface area contributed by atoms with Crippen LogP contribution in [0.4, 0.5) is 5.69 Å². The summed E-state index contributed by atoms with van der Waals surface area (Å²) in [5.74, 6) is 0.285. The molecule has 17 heavy (non-hydrogen) atoms. The van der Waals surface area contributed by atoms with Gasteiger partial charge in [-0.3, -0.25) is 0 Å². The van der Waals surface area contributed by atoms with Gasteiger partial charge in [0.2, 0.25) is 5.82 Å². The monoisotopic (exact) mass is 228 g/mol. The fourth-order valence-corrected chi connectivity index (χ4v) is 1.63. The molecule has 1 aromatic carbocycles. The number of rotatable bonds is 3. The van der Waals surface area contributed by atoms with Crippen LogP contribution in [-0.2, 0) is 6.54 Å². The number of nitrogens with zero attached hydrogens (tertiary/aromatic N) is 3. The van der Waals surface area contributed by atoms with Crippen LogP contribution in [0.25, 0.3) is 0 Å². The first kappa shape index (κ1) is 11.2. The summed E-state index contributed by atoms with van der Waals surface area (Å²) in [4.78, 5) is 3.87.